The molecule has 114 valence electrons. The Morgan fingerprint density at radius 2 is 1.90 bits per heavy atom. The highest BCUT2D eigenvalue weighted by Crippen LogP contribution is 2.20. The maximum Gasteiger partial charge on any atom is 0.121 e. The lowest BCUT2D eigenvalue weighted by atomic mass is 10.2. The van der Waals surface area contributed by atoms with E-state index < -0.39 is 0 Å². The quantitative estimate of drug-likeness (QED) is 0.632. The lowest BCUT2D eigenvalue weighted by molar-refractivity contribution is 0.193. The van der Waals surface area contributed by atoms with Gasteiger partial charge in [0.15, 0.2) is 0 Å². The molecule has 1 rings (SSSR count). The van der Waals surface area contributed by atoms with Gasteiger partial charge in [-0.15, -0.1) is 0 Å². The Labute approximate surface area is 123 Å². The minimum atomic E-state index is 0.689. The number of benzene rings is 1. The summed E-state index contributed by atoms with van der Waals surface area (Å²) in [6, 6.07) is 8.30. The van der Waals surface area contributed by atoms with Gasteiger partial charge in [-0.25, -0.2) is 0 Å². The third-order valence-electron chi connectivity index (χ3n) is 3.20. The van der Waals surface area contributed by atoms with Crippen LogP contribution in [0, 0.1) is 0 Å². The summed E-state index contributed by atoms with van der Waals surface area (Å²) in [5, 5.41) is 3.33. The number of anilines is 1. The molecule has 0 saturated heterocycles. The second kappa shape index (κ2) is 10.5. The van der Waals surface area contributed by atoms with E-state index in [4.69, 9.17) is 9.47 Å². The van der Waals surface area contributed by atoms with Crippen molar-refractivity contribution in [3.05, 3.63) is 24.3 Å². The molecule has 0 atom stereocenters. The van der Waals surface area contributed by atoms with Gasteiger partial charge in [0.05, 0.1) is 0 Å². The average molecular weight is 280 g/mol. The van der Waals surface area contributed by atoms with Crippen LogP contribution in [0.4, 0.5) is 5.69 Å². The SMILES string of the molecule is CCN(CC)c1cccc(OCCNCCCOC)c1. The van der Waals surface area contributed by atoms with Crippen LogP contribution in [0.3, 0.4) is 0 Å². The summed E-state index contributed by atoms with van der Waals surface area (Å²) in [6.45, 7) is 9.69. The molecule has 0 fully saturated rings. The Hall–Kier alpha value is -1.26. The average Bonchev–Trinajstić information content (AvgIpc) is 2.48. The number of ether oxygens (including phenoxy) is 2. The monoisotopic (exact) mass is 280 g/mol. The first kappa shape index (κ1) is 16.8. The van der Waals surface area contributed by atoms with Crippen molar-refractivity contribution < 1.29 is 9.47 Å². The molecule has 0 saturated carbocycles. The van der Waals surface area contributed by atoms with Crippen molar-refractivity contribution in [2.24, 2.45) is 0 Å². The van der Waals surface area contributed by atoms with Crippen LogP contribution < -0.4 is 15.0 Å². The van der Waals surface area contributed by atoms with Gasteiger partial charge in [-0.05, 0) is 38.9 Å². The number of methoxy groups -OCH3 is 1. The van der Waals surface area contributed by atoms with Crippen LogP contribution in [0.15, 0.2) is 24.3 Å². The molecule has 0 unspecified atom stereocenters. The van der Waals surface area contributed by atoms with Crippen molar-refractivity contribution in [2.45, 2.75) is 20.3 Å². The van der Waals surface area contributed by atoms with Crippen molar-refractivity contribution in [1.29, 1.82) is 0 Å². The third-order valence-corrected chi connectivity index (χ3v) is 3.20. The molecule has 0 aliphatic heterocycles. The van der Waals surface area contributed by atoms with E-state index in [1.54, 1.807) is 7.11 Å². The molecule has 0 amide bonds. The summed E-state index contributed by atoms with van der Waals surface area (Å²) in [5.41, 5.74) is 1.22. The first-order valence-corrected chi connectivity index (χ1v) is 7.49. The highest BCUT2D eigenvalue weighted by Gasteiger charge is 2.02. The molecule has 0 aliphatic rings. The standard InChI is InChI=1S/C16H28N2O2/c1-4-18(5-2)15-8-6-9-16(14-15)20-13-11-17-10-7-12-19-3/h6,8-9,14,17H,4-5,7,10-13H2,1-3H3. The molecule has 0 heterocycles. The molecule has 1 aromatic rings. The fourth-order valence-electron chi connectivity index (χ4n) is 2.07. The molecule has 0 bridgehead atoms. The lowest BCUT2D eigenvalue weighted by Gasteiger charge is -2.21. The van der Waals surface area contributed by atoms with Crippen LogP contribution in [0.1, 0.15) is 20.3 Å². The fourth-order valence-corrected chi connectivity index (χ4v) is 2.07. The van der Waals surface area contributed by atoms with Crippen LogP contribution in [0.5, 0.6) is 5.75 Å². The minimum Gasteiger partial charge on any atom is -0.492 e. The first-order chi connectivity index (χ1) is 9.81. The molecular weight excluding hydrogens is 252 g/mol. The molecular formula is C16H28N2O2. The largest absolute Gasteiger partial charge is 0.492 e. The van der Waals surface area contributed by atoms with Gasteiger partial charge in [0.2, 0.25) is 0 Å². The van der Waals surface area contributed by atoms with Gasteiger partial charge in [-0.1, -0.05) is 6.07 Å². The molecule has 1 aromatic carbocycles. The van der Waals surface area contributed by atoms with E-state index >= 15 is 0 Å². The lowest BCUT2D eigenvalue weighted by Crippen LogP contribution is -2.23. The van der Waals surface area contributed by atoms with Gasteiger partial charge >= 0.3 is 0 Å². The van der Waals surface area contributed by atoms with E-state index in [-0.39, 0.29) is 0 Å². The van der Waals surface area contributed by atoms with Crippen LogP contribution in [-0.4, -0.2) is 46.5 Å². The van der Waals surface area contributed by atoms with Crippen molar-refractivity contribution in [3.63, 3.8) is 0 Å². The highest BCUT2D eigenvalue weighted by atomic mass is 16.5. The summed E-state index contributed by atoms with van der Waals surface area (Å²) in [7, 11) is 1.73. The smallest absolute Gasteiger partial charge is 0.121 e. The number of hydrogen-bond donors (Lipinski definition) is 1. The molecule has 0 spiro atoms. The van der Waals surface area contributed by atoms with E-state index in [0.717, 1.165) is 45.0 Å². The normalized spacial score (nSPS) is 10.6. The topological polar surface area (TPSA) is 33.7 Å². The van der Waals surface area contributed by atoms with Gasteiger partial charge in [0.25, 0.3) is 0 Å². The maximum atomic E-state index is 5.77. The predicted molar refractivity (Wildman–Crippen MR) is 84.9 cm³/mol. The number of nitrogens with one attached hydrogen (secondary N) is 1. The van der Waals surface area contributed by atoms with E-state index in [9.17, 15) is 0 Å². The van der Waals surface area contributed by atoms with Gasteiger partial charge in [-0.2, -0.15) is 0 Å². The van der Waals surface area contributed by atoms with Gasteiger partial charge in [0.1, 0.15) is 12.4 Å². The van der Waals surface area contributed by atoms with Crippen molar-refractivity contribution in [2.75, 3.05) is 51.4 Å². The first-order valence-electron chi connectivity index (χ1n) is 7.49. The highest BCUT2D eigenvalue weighted by molar-refractivity contribution is 5.50. The number of rotatable bonds is 11. The second-order valence-corrected chi connectivity index (χ2v) is 4.61. The summed E-state index contributed by atoms with van der Waals surface area (Å²) >= 11 is 0. The summed E-state index contributed by atoms with van der Waals surface area (Å²) < 4.78 is 10.8. The van der Waals surface area contributed by atoms with Crippen LogP contribution in [-0.2, 0) is 4.74 Å². The molecule has 1 N–H and O–H groups in total. The van der Waals surface area contributed by atoms with Crippen molar-refractivity contribution in [1.82, 2.24) is 5.32 Å². The summed E-state index contributed by atoms with van der Waals surface area (Å²) in [4.78, 5) is 2.32. The van der Waals surface area contributed by atoms with Gasteiger partial charge in [0, 0.05) is 45.1 Å². The second-order valence-electron chi connectivity index (χ2n) is 4.61. The Kier molecular flexibility index (Phi) is 8.83. The summed E-state index contributed by atoms with van der Waals surface area (Å²) in [6.07, 6.45) is 1.04. The van der Waals surface area contributed by atoms with Crippen LogP contribution >= 0.6 is 0 Å². The van der Waals surface area contributed by atoms with E-state index in [2.05, 4.69) is 42.3 Å². The Morgan fingerprint density at radius 3 is 2.60 bits per heavy atom. The Morgan fingerprint density at radius 1 is 1.10 bits per heavy atom. The van der Waals surface area contributed by atoms with Crippen LogP contribution in [0.2, 0.25) is 0 Å². The molecule has 4 nitrogen and oxygen atoms in total. The number of hydrogen-bond acceptors (Lipinski definition) is 4. The zero-order valence-corrected chi connectivity index (χ0v) is 13.0. The van der Waals surface area contributed by atoms with E-state index in [0.29, 0.717) is 6.61 Å². The molecule has 4 heteroatoms. The predicted octanol–water partition coefficient (Wildman–Crippen LogP) is 2.54. The number of nitrogens with zero attached hydrogens (tertiary/aromatic N) is 1. The fraction of sp³-hybridized carbons (Fsp3) is 0.625. The Bertz CT molecular complexity index is 354. The molecule has 0 radical (unpaired) electrons. The van der Waals surface area contributed by atoms with Crippen molar-refractivity contribution in [3.8, 4) is 5.75 Å². The summed E-state index contributed by atoms with van der Waals surface area (Å²) in [5.74, 6) is 0.938. The van der Waals surface area contributed by atoms with Crippen molar-refractivity contribution >= 4 is 5.69 Å². The zero-order valence-electron chi connectivity index (χ0n) is 13.0. The Balaban J connectivity index is 2.28. The van der Waals surface area contributed by atoms with E-state index in [1.807, 2.05) is 6.07 Å². The molecule has 20 heavy (non-hydrogen) atoms. The van der Waals surface area contributed by atoms with Crippen LogP contribution in [0.25, 0.3) is 0 Å². The van der Waals surface area contributed by atoms with Gasteiger partial charge in [-0.3, -0.25) is 0 Å². The minimum absolute atomic E-state index is 0.689. The third kappa shape index (κ3) is 6.26. The molecule has 0 aromatic heterocycles. The molecule has 0 aliphatic carbocycles. The zero-order chi connectivity index (χ0) is 14.6. The van der Waals surface area contributed by atoms with Gasteiger partial charge < -0.3 is 19.7 Å². The maximum absolute atomic E-state index is 5.77. The van der Waals surface area contributed by atoms with E-state index in [1.165, 1.54) is 5.69 Å².